The van der Waals surface area contributed by atoms with E-state index < -0.39 is 95.7 Å². The number of benzene rings is 9. The van der Waals surface area contributed by atoms with E-state index in [1.165, 1.54) is 0 Å². The molecule has 0 fully saturated rings. The molecule has 0 amide bonds. The van der Waals surface area contributed by atoms with Crippen LogP contribution in [0.15, 0.2) is 198 Å². The van der Waals surface area contributed by atoms with Crippen molar-refractivity contribution < 1.29 is 26.3 Å². The summed E-state index contributed by atoms with van der Waals surface area (Å²) in [5.74, 6) is 0. The highest BCUT2D eigenvalue weighted by Gasteiger charge is 2.21. The van der Waals surface area contributed by atoms with E-state index in [9.17, 15) is 2.74 Å². The third-order valence-electron chi connectivity index (χ3n) is 9.12. The molecule has 10 aromatic rings. The number of fused-ring (bicyclic) bond motifs is 5. The van der Waals surface area contributed by atoms with Crippen molar-refractivity contribution >= 4 is 43.5 Å². The van der Waals surface area contributed by atoms with Crippen LogP contribution in [-0.2, 0) is 0 Å². The summed E-state index contributed by atoms with van der Waals surface area (Å²) in [6, 6.07) is 20.7. The average molecular weight is 665 g/mol. The van der Waals surface area contributed by atoms with Crippen LogP contribution in [0.4, 0.5) is 0 Å². The Bertz CT molecular complexity index is 3710. The van der Waals surface area contributed by atoms with E-state index in [1.54, 1.807) is 24.3 Å². The predicted molar refractivity (Wildman–Crippen MR) is 216 cm³/mol. The molecule has 1 nitrogen and oxygen atoms in total. The highest BCUT2D eigenvalue weighted by Crippen LogP contribution is 2.48. The highest BCUT2D eigenvalue weighted by atomic mass is 16.3. The van der Waals surface area contributed by atoms with E-state index in [0.717, 1.165) is 5.56 Å². The molecule has 0 saturated heterocycles. The first kappa shape index (κ1) is 17.3. The predicted octanol–water partition coefficient (Wildman–Crippen LogP) is 14.2. The SMILES string of the molecule is [2H]c1c([2H])c([2H])c(-c2cc(-c3ccccc3)cc(-c3c4ccccc4c(-c4c([2H])c([2H])c([2H])c5oc6c([2H])c([2H])c(-c7c([2H])c([2H])c([2H])c([2H])c7[2H])c([2H])c6c45)c4ccccc34)c2)c([2H])c1[2H]. The lowest BCUT2D eigenvalue weighted by Crippen LogP contribution is -1.92. The lowest BCUT2D eigenvalue weighted by molar-refractivity contribution is 0.669. The highest BCUT2D eigenvalue weighted by molar-refractivity contribution is 6.26. The lowest BCUT2D eigenvalue weighted by atomic mass is 9.83. The molecule has 0 N–H and O–H groups in total. The van der Waals surface area contributed by atoms with Gasteiger partial charge in [0.1, 0.15) is 11.2 Å². The second-order valence-corrected chi connectivity index (χ2v) is 12.0. The fraction of sp³-hybridized carbons (Fsp3) is 0. The zero-order chi connectivity index (χ0) is 47.7. The molecule has 9 aromatic carbocycles. The standard InChI is InChI=1S/C50H32O/c1-4-15-33(16-5-1)36-27-28-46-45(32-36)50-44(25-14-26-47(50)51-46)49-42-23-12-10-21-40(42)48(41-22-11-13-24-43(41)49)39-30-37(34-17-6-2-7-18-34)29-38(31-39)35-19-8-3-9-20-35/h1-32H/i1D,2D,4D,5D,6D,7D,14D,15D,16D,17D,18D,25D,26D,27D,28D,32D. The number of rotatable bonds is 5. The third kappa shape index (κ3) is 4.94. The minimum Gasteiger partial charge on any atom is -0.456 e. The quantitative estimate of drug-likeness (QED) is 0.167. The molecule has 238 valence electrons. The van der Waals surface area contributed by atoms with Crippen molar-refractivity contribution in [3.8, 4) is 55.6 Å². The van der Waals surface area contributed by atoms with Gasteiger partial charge in [0.25, 0.3) is 0 Å². The molecule has 0 unspecified atom stereocenters. The Morgan fingerprint density at radius 1 is 0.353 bits per heavy atom. The Balaban J connectivity index is 1.36. The Labute approximate surface area is 319 Å². The molecule has 0 aliphatic rings. The summed E-state index contributed by atoms with van der Waals surface area (Å²) in [6.45, 7) is 0. The molecule has 0 saturated carbocycles. The van der Waals surface area contributed by atoms with Crippen molar-refractivity contribution in [1.82, 2.24) is 0 Å². The van der Waals surface area contributed by atoms with Crippen LogP contribution in [0.5, 0.6) is 0 Å². The van der Waals surface area contributed by atoms with Crippen LogP contribution < -0.4 is 0 Å². The fourth-order valence-corrected chi connectivity index (χ4v) is 6.96. The Morgan fingerprint density at radius 3 is 1.55 bits per heavy atom. The molecule has 51 heavy (non-hydrogen) atoms. The van der Waals surface area contributed by atoms with Gasteiger partial charge < -0.3 is 4.42 Å². The van der Waals surface area contributed by atoms with E-state index in [1.807, 2.05) is 72.8 Å². The molecule has 0 bridgehead atoms. The summed E-state index contributed by atoms with van der Waals surface area (Å²) >= 11 is 0. The Kier molecular flexibility index (Phi) is 4.07. The topological polar surface area (TPSA) is 13.1 Å². The van der Waals surface area contributed by atoms with E-state index in [2.05, 4.69) is 0 Å². The minimum atomic E-state index is -0.701. The lowest BCUT2D eigenvalue weighted by Gasteiger charge is -2.19. The molecule has 0 aliphatic carbocycles. The summed E-state index contributed by atoms with van der Waals surface area (Å²) in [5, 5.41) is 2.21. The Morgan fingerprint density at radius 2 is 0.902 bits per heavy atom. The van der Waals surface area contributed by atoms with Crippen LogP contribution in [0.2, 0.25) is 0 Å². The zero-order valence-electron chi connectivity index (χ0n) is 42.6. The summed E-state index contributed by atoms with van der Waals surface area (Å²) in [5.41, 5.74) is 2.17. The molecule has 1 heterocycles. The fourth-order valence-electron chi connectivity index (χ4n) is 6.96. The monoisotopic (exact) mass is 664 g/mol. The summed E-state index contributed by atoms with van der Waals surface area (Å²) in [4.78, 5) is 0. The van der Waals surface area contributed by atoms with Crippen molar-refractivity contribution in [2.75, 3.05) is 0 Å². The van der Waals surface area contributed by atoms with E-state index in [-0.39, 0.29) is 45.2 Å². The Hall–Kier alpha value is -6.70. The molecule has 0 radical (unpaired) electrons. The molecular formula is C50H32O. The summed E-state index contributed by atoms with van der Waals surface area (Å²) in [6.07, 6.45) is 0. The van der Waals surface area contributed by atoms with Gasteiger partial charge in [-0.25, -0.2) is 0 Å². The van der Waals surface area contributed by atoms with Crippen LogP contribution in [0.25, 0.3) is 99.1 Å². The number of hydrogen-bond donors (Lipinski definition) is 0. The second kappa shape index (κ2) is 12.0. The van der Waals surface area contributed by atoms with Gasteiger partial charge in [-0.3, -0.25) is 0 Å². The van der Waals surface area contributed by atoms with Gasteiger partial charge in [-0.05, 0) is 114 Å². The van der Waals surface area contributed by atoms with Crippen LogP contribution in [-0.4, -0.2) is 0 Å². The van der Waals surface area contributed by atoms with Crippen LogP contribution >= 0.6 is 0 Å². The van der Waals surface area contributed by atoms with Crippen molar-refractivity contribution in [3.05, 3.63) is 194 Å². The molecule has 10 rings (SSSR count). The van der Waals surface area contributed by atoms with Crippen LogP contribution in [0.3, 0.4) is 0 Å². The van der Waals surface area contributed by atoms with Crippen molar-refractivity contribution in [1.29, 1.82) is 0 Å². The first-order valence-electron chi connectivity index (χ1n) is 24.2. The maximum absolute atomic E-state index is 9.65. The molecule has 0 aliphatic heterocycles. The maximum Gasteiger partial charge on any atom is 0.136 e. The molecule has 1 aromatic heterocycles. The van der Waals surface area contributed by atoms with Gasteiger partial charge in [-0.15, -0.1) is 0 Å². The van der Waals surface area contributed by atoms with Gasteiger partial charge in [0.05, 0.1) is 21.9 Å². The summed E-state index contributed by atoms with van der Waals surface area (Å²) < 4.78 is 147. The van der Waals surface area contributed by atoms with Gasteiger partial charge in [0.15, 0.2) is 0 Å². The van der Waals surface area contributed by atoms with Crippen LogP contribution in [0, 0.1) is 0 Å². The zero-order valence-corrected chi connectivity index (χ0v) is 26.6. The van der Waals surface area contributed by atoms with Gasteiger partial charge in [0, 0.05) is 10.8 Å². The first-order chi connectivity index (χ1) is 32.0. The number of furan rings is 1. The smallest absolute Gasteiger partial charge is 0.136 e. The minimum absolute atomic E-state index is 0.00859. The van der Waals surface area contributed by atoms with Crippen molar-refractivity contribution in [2.45, 2.75) is 0 Å². The van der Waals surface area contributed by atoms with Gasteiger partial charge >= 0.3 is 0 Å². The largest absolute Gasteiger partial charge is 0.456 e. The van der Waals surface area contributed by atoms with Crippen molar-refractivity contribution in [3.63, 3.8) is 0 Å². The molecular weight excluding hydrogens is 617 g/mol. The molecule has 0 spiro atoms. The first-order valence-corrected chi connectivity index (χ1v) is 16.2. The van der Waals surface area contributed by atoms with Crippen LogP contribution in [0.1, 0.15) is 21.9 Å². The summed E-state index contributed by atoms with van der Waals surface area (Å²) in [7, 11) is 0. The van der Waals surface area contributed by atoms with E-state index in [0.29, 0.717) is 49.4 Å². The molecule has 0 atom stereocenters. The van der Waals surface area contributed by atoms with Gasteiger partial charge in [0.2, 0.25) is 0 Å². The second-order valence-electron chi connectivity index (χ2n) is 12.0. The number of hydrogen-bond acceptors (Lipinski definition) is 1. The molecule has 1 heteroatoms. The van der Waals surface area contributed by atoms with Gasteiger partial charge in [-0.2, -0.15) is 0 Å². The van der Waals surface area contributed by atoms with Crippen molar-refractivity contribution in [2.24, 2.45) is 0 Å². The maximum atomic E-state index is 9.65. The van der Waals surface area contributed by atoms with E-state index in [4.69, 9.17) is 23.6 Å². The van der Waals surface area contributed by atoms with E-state index >= 15 is 0 Å². The van der Waals surface area contributed by atoms with Gasteiger partial charge in [-0.1, -0.05) is 157 Å². The normalized spacial score (nSPS) is 15.9. The third-order valence-corrected chi connectivity index (χ3v) is 9.12. The average Bonchev–Trinajstić information content (AvgIpc) is 3.74.